The third-order valence-electron chi connectivity index (χ3n) is 6.90. The quantitative estimate of drug-likeness (QED) is 0.692. The van der Waals surface area contributed by atoms with Crippen molar-refractivity contribution in [3.63, 3.8) is 0 Å². The molecule has 0 N–H and O–H groups in total. The molecule has 3 aromatic rings. The van der Waals surface area contributed by atoms with Crippen molar-refractivity contribution >= 4 is 17.1 Å². The second-order valence-electron chi connectivity index (χ2n) is 8.52. The van der Waals surface area contributed by atoms with E-state index in [1.165, 1.54) is 18.5 Å². The number of hydrogen-bond donors (Lipinski definition) is 0. The van der Waals surface area contributed by atoms with Crippen molar-refractivity contribution in [3.8, 4) is 17.2 Å². The number of nitrogens with zero attached hydrogens (tertiary/aromatic N) is 6. The Hall–Kier alpha value is -3.14. The minimum atomic E-state index is -0.832. The molecule has 7 nitrogen and oxygen atoms in total. The zero-order valence-corrected chi connectivity index (χ0v) is 16.2. The smallest absolute Gasteiger partial charge is 0.247 e. The number of nitriles is 1. The monoisotopic (exact) mass is 386 g/mol. The van der Waals surface area contributed by atoms with Gasteiger partial charge in [0.1, 0.15) is 5.41 Å². The highest BCUT2D eigenvalue weighted by Gasteiger charge is 2.57. The van der Waals surface area contributed by atoms with Gasteiger partial charge >= 0.3 is 0 Å². The zero-order chi connectivity index (χ0) is 19.6. The molecule has 2 fully saturated rings. The van der Waals surface area contributed by atoms with Gasteiger partial charge in [0.25, 0.3) is 0 Å². The molecule has 0 unspecified atom stereocenters. The molecule has 29 heavy (non-hydrogen) atoms. The van der Waals surface area contributed by atoms with E-state index in [0.29, 0.717) is 13.0 Å². The van der Waals surface area contributed by atoms with Gasteiger partial charge in [-0.15, -0.1) is 0 Å². The lowest BCUT2D eigenvalue weighted by molar-refractivity contribution is -0.123. The van der Waals surface area contributed by atoms with Crippen molar-refractivity contribution in [2.24, 2.45) is 11.3 Å². The second kappa shape index (κ2) is 5.93. The summed E-state index contributed by atoms with van der Waals surface area (Å²) in [6, 6.07) is 6.37. The summed E-state index contributed by atoms with van der Waals surface area (Å²) in [7, 11) is 0. The maximum absolute atomic E-state index is 13.3. The Morgan fingerprint density at radius 1 is 1.21 bits per heavy atom. The summed E-state index contributed by atoms with van der Waals surface area (Å²) < 4.78 is 3.95. The molecule has 0 aromatic carbocycles. The van der Waals surface area contributed by atoms with Gasteiger partial charge in [0, 0.05) is 42.3 Å². The molecule has 1 aliphatic carbocycles. The summed E-state index contributed by atoms with van der Waals surface area (Å²) in [5.74, 6) is 0.186. The minimum Gasteiger partial charge on any atom is -0.309 e. The van der Waals surface area contributed by atoms with Crippen LogP contribution in [0.5, 0.6) is 0 Å². The molecule has 3 aliphatic rings. The van der Waals surface area contributed by atoms with Gasteiger partial charge in [-0.2, -0.15) is 15.5 Å². The van der Waals surface area contributed by atoms with Crippen LogP contribution in [-0.4, -0.2) is 31.8 Å². The van der Waals surface area contributed by atoms with Gasteiger partial charge in [-0.3, -0.25) is 9.48 Å². The largest absolute Gasteiger partial charge is 0.309 e. The van der Waals surface area contributed by atoms with Crippen molar-refractivity contribution in [1.82, 2.24) is 19.4 Å². The van der Waals surface area contributed by atoms with Gasteiger partial charge < -0.3 is 4.90 Å². The highest BCUT2D eigenvalue weighted by molar-refractivity contribution is 6.05. The number of hydrogen-bond acceptors (Lipinski definition) is 4. The highest BCUT2D eigenvalue weighted by atomic mass is 16.2. The average molecular weight is 386 g/mol. The van der Waals surface area contributed by atoms with Gasteiger partial charge in [-0.05, 0) is 56.6 Å². The molecule has 3 aromatic heterocycles. The maximum atomic E-state index is 13.3. The van der Waals surface area contributed by atoms with E-state index in [4.69, 9.17) is 0 Å². The predicted molar refractivity (Wildman–Crippen MR) is 107 cm³/mol. The normalized spacial score (nSPS) is 24.1. The molecule has 5 heterocycles. The third kappa shape index (κ3) is 2.32. The Morgan fingerprint density at radius 2 is 2.10 bits per heavy atom. The van der Waals surface area contributed by atoms with Crippen LogP contribution in [0.25, 0.3) is 16.6 Å². The average Bonchev–Trinajstić information content (AvgIpc) is 3.23. The van der Waals surface area contributed by atoms with Gasteiger partial charge in [0.15, 0.2) is 0 Å². The van der Waals surface area contributed by atoms with Crippen LogP contribution in [0, 0.1) is 22.7 Å². The van der Waals surface area contributed by atoms with Crippen LogP contribution in [0.1, 0.15) is 37.8 Å². The van der Waals surface area contributed by atoms with Crippen LogP contribution < -0.4 is 4.90 Å². The molecule has 0 bridgehead atoms. The lowest BCUT2D eigenvalue weighted by Gasteiger charge is -2.21. The van der Waals surface area contributed by atoms with Gasteiger partial charge in [-0.1, -0.05) is 0 Å². The molecular weight excluding hydrogens is 364 g/mol. The summed E-state index contributed by atoms with van der Waals surface area (Å²) in [5, 5.41) is 18.8. The number of rotatable bonds is 3. The van der Waals surface area contributed by atoms with E-state index in [1.807, 2.05) is 23.0 Å². The van der Waals surface area contributed by atoms with Crippen LogP contribution in [0.4, 0.5) is 5.69 Å². The van der Waals surface area contributed by atoms with Gasteiger partial charge in [0.2, 0.25) is 5.91 Å². The van der Waals surface area contributed by atoms with Crippen molar-refractivity contribution in [2.75, 3.05) is 11.4 Å². The number of fused-ring (bicyclic) bond motifs is 2. The number of carbonyl (C=O) groups is 1. The minimum absolute atomic E-state index is 0.0405. The number of carbonyl (C=O) groups excluding carboxylic acids is 1. The molecular formula is C22H22N6O. The summed E-state index contributed by atoms with van der Waals surface area (Å²) >= 11 is 0. The topological polar surface area (TPSA) is 79.2 Å². The highest BCUT2D eigenvalue weighted by Crippen LogP contribution is 2.52. The predicted octanol–water partition coefficient (Wildman–Crippen LogP) is 3.19. The Balaban J connectivity index is 1.43. The van der Waals surface area contributed by atoms with Crippen LogP contribution in [0.2, 0.25) is 0 Å². The second-order valence-corrected chi connectivity index (χ2v) is 8.52. The van der Waals surface area contributed by atoms with Crippen LogP contribution in [0.3, 0.4) is 0 Å². The van der Waals surface area contributed by atoms with E-state index in [0.717, 1.165) is 48.1 Å². The molecule has 6 rings (SSSR count). The van der Waals surface area contributed by atoms with E-state index in [1.54, 1.807) is 11.1 Å². The molecule has 2 aliphatic heterocycles. The summed E-state index contributed by atoms with van der Waals surface area (Å²) in [4.78, 5) is 15.1. The Labute approximate surface area is 168 Å². The van der Waals surface area contributed by atoms with E-state index >= 15 is 0 Å². The Morgan fingerprint density at radius 3 is 2.93 bits per heavy atom. The van der Waals surface area contributed by atoms with E-state index in [2.05, 4.69) is 27.0 Å². The lowest BCUT2D eigenvalue weighted by atomic mass is 9.83. The molecule has 1 atom stereocenters. The van der Waals surface area contributed by atoms with Crippen LogP contribution >= 0.6 is 0 Å². The first-order valence-corrected chi connectivity index (χ1v) is 10.5. The van der Waals surface area contributed by atoms with Crippen molar-refractivity contribution in [2.45, 2.75) is 45.1 Å². The first-order chi connectivity index (χ1) is 14.2. The van der Waals surface area contributed by atoms with Crippen LogP contribution in [-0.2, 0) is 17.8 Å². The van der Waals surface area contributed by atoms with Crippen molar-refractivity contribution < 1.29 is 4.79 Å². The molecule has 146 valence electrons. The summed E-state index contributed by atoms with van der Waals surface area (Å²) in [6.07, 6.45) is 11.7. The summed E-state index contributed by atoms with van der Waals surface area (Å²) in [6.45, 7) is 1.57. The van der Waals surface area contributed by atoms with Crippen molar-refractivity contribution in [1.29, 1.82) is 5.26 Å². The molecule has 1 amide bonds. The van der Waals surface area contributed by atoms with Gasteiger partial charge in [-0.25, -0.2) is 4.52 Å². The SMILES string of the molecule is N#C[C@@]1(C2CC2)CCN(c2ccnn3cc(-c4cnn5c4CCCC5)cc23)C1=O. The Bertz CT molecular complexity index is 1180. The summed E-state index contributed by atoms with van der Waals surface area (Å²) in [5.41, 5.74) is 4.42. The van der Waals surface area contributed by atoms with E-state index in [-0.39, 0.29) is 11.8 Å². The van der Waals surface area contributed by atoms with E-state index in [9.17, 15) is 10.1 Å². The molecule has 1 saturated carbocycles. The Kier molecular flexibility index (Phi) is 3.43. The number of anilines is 1. The zero-order valence-electron chi connectivity index (χ0n) is 16.2. The fraction of sp³-hybridized carbons (Fsp3) is 0.455. The maximum Gasteiger partial charge on any atom is 0.247 e. The fourth-order valence-electron chi connectivity index (χ4n) is 5.15. The first kappa shape index (κ1) is 16.8. The van der Waals surface area contributed by atoms with Crippen LogP contribution in [0.15, 0.2) is 30.7 Å². The standard InChI is InChI=1S/C22H22N6O/c23-14-22(16-4-5-16)7-10-26(21(22)29)19-6-8-24-28-13-15(11-20(19)28)17-12-25-27-9-2-1-3-18(17)27/h6,8,11-13,16H,1-5,7,9-10H2/t22-/m1/s1. The van der Waals surface area contributed by atoms with Gasteiger partial charge in [0.05, 0.1) is 23.5 Å². The number of amides is 1. The molecule has 0 radical (unpaired) electrons. The fourth-order valence-corrected chi connectivity index (χ4v) is 5.15. The number of aromatic nitrogens is 4. The van der Waals surface area contributed by atoms with E-state index < -0.39 is 5.41 Å². The first-order valence-electron chi connectivity index (χ1n) is 10.5. The molecule has 0 spiro atoms. The molecule has 1 saturated heterocycles. The van der Waals surface area contributed by atoms with Crippen molar-refractivity contribution in [3.05, 3.63) is 36.4 Å². The lowest BCUT2D eigenvalue weighted by Crippen LogP contribution is -2.35. The third-order valence-corrected chi connectivity index (χ3v) is 6.90. The molecule has 7 heteroatoms. The number of aryl methyl sites for hydroxylation is 1.